The first-order chi connectivity index (χ1) is 14.5. The van der Waals surface area contributed by atoms with Gasteiger partial charge in [0.25, 0.3) is 0 Å². The maximum Gasteiger partial charge on any atom is 0.232 e. The number of hydrogen-bond acceptors (Lipinski definition) is 7. The number of likely N-dealkylation sites (tertiary alicyclic amines) is 1. The number of rotatable bonds is 13. The van der Waals surface area contributed by atoms with E-state index >= 15 is 0 Å². The van der Waals surface area contributed by atoms with Gasteiger partial charge >= 0.3 is 0 Å². The summed E-state index contributed by atoms with van der Waals surface area (Å²) in [6, 6.07) is 0. The van der Waals surface area contributed by atoms with Gasteiger partial charge in [-0.05, 0) is 47.7 Å². The van der Waals surface area contributed by atoms with Crippen molar-refractivity contribution in [2.75, 3.05) is 47.1 Å². The molecule has 1 fully saturated rings. The minimum atomic E-state index is -0.268. The van der Waals surface area contributed by atoms with E-state index < -0.39 is 0 Å². The van der Waals surface area contributed by atoms with E-state index in [0.29, 0.717) is 19.5 Å². The maximum atomic E-state index is 11.2. The molecule has 31 heavy (non-hydrogen) atoms. The molecule has 0 spiro atoms. The molecule has 0 aromatic heterocycles. The van der Waals surface area contributed by atoms with Crippen molar-refractivity contribution in [3.05, 3.63) is 0 Å². The van der Waals surface area contributed by atoms with E-state index in [1.165, 1.54) is 4.90 Å². The summed E-state index contributed by atoms with van der Waals surface area (Å²) in [5.74, 6) is -0.514. The molecule has 184 valence electrons. The molecular formula is C23H46N2O6. The molecule has 1 saturated heterocycles. The van der Waals surface area contributed by atoms with Crippen LogP contribution >= 0.6 is 0 Å². The first kappa shape index (κ1) is 31.8. The second-order valence-electron chi connectivity index (χ2n) is 8.47. The van der Waals surface area contributed by atoms with Gasteiger partial charge in [-0.3, -0.25) is 14.5 Å². The number of carbonyl (C=O) groups excluding carboxylic acids is 3. The lowest BCUT2D eigenvalue weighted by Crippen LogP contribution is -2.38. The normalized spacial score (nSPS) is 16.4. The van der Waals surface area contributed by atoms with Crippen LogP contribution in [0, 0.1) is 5.92 Å². The molecule has 2 amide bonds. The van der Waals surface area contributed by atoms with Gasteiger partial charge in [0.05, 0.1) is 24.4 Å². The Balaban J connectivity index is 0. The summed E-state index contributed by atoms with van der Waals surface area (Å²) in [6.07, 6.45) is 2.27. The number of ether oxygens (including phenoxy) is 3. The SMILES string of the molecule is CC.CC1CC(=O)N(CCC=O)C1=O.CNCCCOCC(C)(C)OCC(C)(C)OC. The quantitative estimate of drug-likeness (QED) is 0.264. The Bertz CT molecular complexity index is 508. The van der Waals surface area contributed by atoms with Crippen LogP contribution in [0.2, 0.25) is 0 Å². The Morgan fingerprint density at radius 1 is 1.13 bits per heavy atom. The van der Waals surface area contributed by atoms with Gasteiger partial charge in [-0.15, -0.1) is 0 Å². The van der Waals surface area contributed by atoms with E-state index in [4.69, 9.17) is 14.2 Å². The van der Waals surface area contributed by atoms with Crippen LogP contribution in [0.4, 0.5) is 0 Å². The fraction of sp³-hybridized carbons (Fsp3) is 0.870. The lowest BCUT2D eigenvalue weighted by molar-refractivity contribution is -0.139. The first-order valence-corrected chi connectivity index (χ1v) is 11.2. The van der Waals surface area contributed by atoms with Crippen molar-refractivity contribution in [3.63, 3.8) is 0 Å². The minimum Gasteiger partial charge on any atom is -0.378 e. The standard InChI is InChI=1S/C13H29NO3.C8H11NO3.C2H6/c1-12(2,15-6)11-17-13(3,4)10-16-9-7-8-14-5;1-6-5-7(11)9(8(6)12)3-2-4-10;1-2/h14H,7-11H2,1-6H3;4,6H,2-3,5H2,1H3;1-2H3. The first-order valence-electron chi connectivity index (χ1n) is 11.2. The molecule has 0 bridgehead atoms. The van der Waals surface area contributed by atoms with E-state index in [-0.39, 0.29) is 48.3 Å². The van der Waals surface area contributed by atoms with Crippen LogP contribution in [0.1, 0.15) is 67.7 Å². The van der Waals surface area contributed by atoms with E-state index in [1.54, 1.807) is 14.0 Å². The van der Waals surface area contributed by atoms with Crippen LogP contribution in [0.5, 0.6) is 0 Å². The van der Waals surface area contributed by atoms with Crippen molar-refractivity contribution >= 4 is 18.1 Å². The highest BCUT2D eigenvalue weighted by molar-refractivity contribution is 6.03. The average Bonchev–Trinajstić information content (AvgIpc) is 2.98. The molecule has 1 atom stereocenters. The zero-order valence-corrected chi connectivity index (χ0v) is 21.2. The van der Waals surface area contributed by atoms with Gasteiger partial charge in [0.1, 0.15) is 6.29 Å². The topological polar surface area (TPSA) is 94.2 Å². The molecule has 0 saturated carbocycles. The van der Waals surface area contributed by atoms with E-state index in [0.717, 1.165) is 19.6 Å². The molecule has 1 aliphatic rings. The molecule has 8 heteroatoms. The smallest absolute Gasteiger partial charge is 0.232 e. The summed E-state index contributed by atoms with van der Waals surface area (Å²) in [7, 11) is 3.64. The van der Waals surface area contributed by atoms with Crippen molar-refractivity contribution in [2.24, 2.45) is 5.92 Å². The van der Waals surface area contributed by atoms with Crippen LogP contribution in [-0.4, -0.2) is 81.3 Å². The number of amides is 2. The number of carbonyl (C=O) groups is 3. The second-order valence-corrected chi connectivity index (χ2v) is 8.47. The highest BCUT2D eigenvalue weighted by Crippen LogP contribution is 2.18. The predicted octanol–water partition coefficient (Wildman–Crippen LogP) is 2.83. The van der Waals surface area contributed by atoms with Crippen LogP contribution in [0.25, 0.3) is 0 Å². The third-order valence-corrected chi connectivity index (χ3v) is 4.47. The average molecular weight is 447 g/mol. The van der Waals surface area contributed by atoms with Crippen LogP contribution in [0.15, 0.2) is 0 Å². The molecule has 1 N–H and O–H groups in total. The maximum absolute atomic E-state index is 11.2. The molecule has 8 nitrogen and oxygen atoms in total. The van der Waals surface area contributed by atoms with Crippen LogP contribution in [0.3, 0.4) is 0 Å². The minimum absolute atomic E-state index is 0.151. The lowest BCUT2D eigenvalue weighted by Gasteiger charge is -2.31. The number of hydrogen-bond donors (Lipinski definition) is 1. The number of imide groups is 1. The van der Waals surface area contributed by atoms with E-state index in [9.17, 15) is 14.4 Å². The molecule has 1 aliphatic heterocycles. The van der Waals surface area contributed by atoms with Crippen molar-refractivity contribution < 1.29 is 28.6 Å². The Labute approximate surface area is 189 Å². The molecule has 0 aliphatic carbocycles. The molecule has 1 unspecified atom stereocenters. The fourth-order valence-electron chi connectivity index (χ4n) is 2.40. The predicted molar refractivity (Wildman–Crippen MR) is 123 cm³/mol. The molecule has 0 aromatic rings. The Kier molecular flexibility index (Phi) is 17.7. The zero-order chi connectivity index (χ0) is 24.5. The van der Waals surface area contributed by atoms with Crippen LogP contribution in [-0.2, 0) is 28.6 Å². The number of nitrogens with one attached hydrogen (secondary N) is 1. The Morgan fingerprint density at radius 3 is 2.19 bits per heavy atom. The third kappa shape index (κ3) is 15.1. The highest BCUT2D eigenvalue weighted by atomic mass is 16.6. The molecule has 0 aromatic carbocycles. The molecule has 1 heterocycles. The number of aldehydes is 1. The monoisotopic (exact) mass is 446 g/mol. The van der Waals surface area contributed by atoms with E-state index in [1.807, 2.05) is 48.6 Å². The number of nitrogens with zero attached hydrogens (tertiary/aromatic N) is 1. The fourth-order valence-corrected chi connectivity index (χ4v) is 2.40. The second kappa shape index (κ2) is 17.2. The van der Waals surface area contributed by atoms with Crippen molar-refractivity contribution in [3.8, 4) is 0 Å². The zero-order valence-electron chi connectivity index (χ0n) is 21.2. The summed E-state index contributed by atoms with van der Waals surface area (Å²) < 4.78 is 16.7. The van der Waals surface area contributed by atoms with Gasteiger partial charge in [-0.2, -0.15) is 0 Å². The highest BCUT2D eigenvalue weighted by Gasteiger charge is 2.34. The molecule has 0 radical (unpaired) electrons. The summed E-state index contributed by atoms with van der Waals surface area (Å²) in [5.41, 5.74) is -0.515. The summed E-state index contributed by atoms with van der Waals surface area (Å²) in [4.78, 5) is 33.5. The molecular weight excluding hydrogens is 400 g/mol. The van der Waals surface area contributed by atoms with Gasteiger partial charge in [0.2, 0.25) is 11.8 Å². The van der Waals surface area contributed by atoms with Gasteiger partial charge in [0.15, 0.2) is 0 Å². The third-order valence-electron chi connectivity index (χ3n) is 4.47. The van der Waals surface area contributed by atoms with E-state index in [2.05, 4.69) is 5.32 Å². The molecule has 1 rings (SSSR count). The number of methoxy groups -OCH3 is 1. The summed E-state index contributed by atoms with van der Waals surface area (Å²) >= 11 is 0. The largest absolute Gasteiger partial charge is 0.378 e. The summed E-state index contributed by atoms with van der Waals surface area (Å²) in [6.45, 7) is 17.0. The Hall–Kier alpha value is -1.35. The van der Waals surface area contributed by atoms with Gasteiger partial charge < -0.3 is 24.3 Å². The van der Waals surface area contributed by atoms with Crippen molar-refractivity contribution in [1.29, 1.82) is 0 Å². The van der Waals surface area contributed by atoms with Crippen molar-refractivity contribution in [1.82, 2.24) is 10.2 Å². The van der Waals surface area contributed by atoms with Crippen LogP contribution < -0.4 is 5.32 Å². The van der Waals surface area contributed by atoms with Crippen molar-refractivity contribution in [2.45, 2.75) is 78.9 Å². The lowest BCUT2D eigenvalue weighted by atomic mass is 10.1. The van der Waals surface area contributed by atoms with Gasteiger partial charge in [0, 0.05) is 39.0 Å². The summed E-state index contributed by atoms with van der Waals surface area (Å²) in [5, 5.41) is 3.09. The van der Waals surface area contributed by atoms with Gasteiger partial charge in [-0.1, -0.05) is 20.8 Å². The van der Waals surface area contributed by atoms with Gasteiger partial charge in [-0.25, -0.2) is 0 Å². The Morgan fingerprint density at radius 2 is 1.74 bits per heavy atom.